The number of para-hydroxylation sites is 2. The predicted molar refractivity (Wildman–Crippen MR) is 295 cm³/mol. The monoisotopic (exact) mass is 909 g/mol. The minimum atomic E-state index is -0.484. The van der Waals surface area contributed by atoms with Gasteiger partial charge in [-0.3, -0.25) is 0 Å². The molecular weight excluding hydrogens is 867 g/mol. The van der Waals surface area contributed by atoms with Crippen LogP contribution in [0.1, 0.15) is 22.3 Å². The largest absolute Gasteiger partial charge is 0.455 e. The zero-order valence-electron chi connectivity index (χ0n) is 38.1. The summed E-state index contributed by atoms with van der Waals surface area (Å²) in [5.41, 5.74) is 19.1. The van der Waals surface area contributed by atoms with E-state index in [4.69, 9.17) is 4.42 Å². The summed E-state index contributed by atoms with van der Waals surface area (Å²) in [5.74, 6) is 0. The Bertz CT molecular complexity index is 4090. The van der Waals surface area contributed by atoms with E-state index < -0.39 is 5.41 Å². The van der Waals surface area contributed by atoms with Crippen LogP contribution in [0.2, 0.25) is 0 Å². The number of fused-ring (bicyclic) bond motifs is 9. The van der Waals surface area contributed by atoms with E-state index in [9.17, 15) is 0 Å². The van der Waals surface area contributed by atoms with Crippen LogP contribution in [0, 0.1) is 0 Å². The van der Waals surface area contributed by atoms with E-state index in [-0.39, 0.29) is 0 Å². The Labute approximate surface area is 410 Å². The van der Waals surface area contributed by atoms with Crippen LogP contribution in [-0.2, 0) is 5.41 Å². The quantitative estimate of drug-likeness (QED) is 0.151. The Morgan fingerprint density at radius 1 is 0.329 bits per heavy atom. The molecule has 0 atom stereocenters. The van der Waals surface area contributed by atoms with Crippen molar-refractivity contribution in [1.82, 2.24) is 0 Å². The number of anilines is 3. The molecule has 2 heterocycles. The molecule has 0 fully saturated rings. The van der Waals surface area contributed by atoms with E-state index >= 15 is 0 Å². The first-order valence-corrected chi connectivity index (χ1v) is 24.8. The van der Waals surface area contributed by atoms with E-state index in [0.717, 1.165) is 55.7 Å². The van der Waals surface area contributed by atoms with Gasteiger partial charge in [0.25, 0.3) is 0 Å². The third kappa shape index (κ3) is 6.25. The molecule has 0 radical (unpaired) electrons. The third-order valence-electron chi connectivity index (χ3n) is 14.6. The summed E-state index contributed by atoms with van der Waals surface area (Å²) < 4.78 is 9.24. The maximum atomic E-state index is 6.60. The standard InChI is InChI=1S/C67H43NOS/c1-3-20-48(21-4-1)67(49-22-5-2-6-23-49)61-32-10-7-25-55(61)60-43-52(39-40-62(60)67)68(51-24-14-19-47(42-51)53-28-15-30-58-56-26-8-11-33-63(56)69-65(53)58)50-37-35-44(36-38-50)45-17-13-18-46(41-45)54-29-16-31-59-57-27-9-12-34-64(57)70-66(54)59/h1-43H. The molecule has 0 bridgehead atoms. The van der Waals surface area contributed by atoms with Crippen LogP contribution in [0.5, 0.6) is 0 Å². The lowest BCUT2D eigenvalue weighted by Crippen LogP contribution is -2.28. The first-order chi connectivity index (χ1) is 34.7. The molecule has 1 aliphatic rings. The average Bonchev–Trinajstić information content (AvgIpc) is 4.11. The molecule has 0 unspecified atom stereocenters. The zero-order valence-corrected chi connectivity index (χ0v) is 38.9. The molecule has 2 aromatic heterocycles. The highest BCUT2D eigenvalue weighted by Crippen LogP contribution is 2.57. The van der Waals surface area contributed by atoms with E-state index in [1.54, 1.807) is 0 Å². The summed E-state index contributed by atoms with van der Waals surface area (Å²) in [6, 6.07) is 95.4. The molecule has 0 N–H and O–H groups in total. The number of rotatable bonds is 8. The van der Waals surface area contributed by atoms with Gasteiger partial charge < -0.3 is 9.32 Å². The molecule has 70 heavy (non-hydrogen) atoms. The van der Waals surface area contributed by atoms with Gasteiger partial charge in [-0.25, -0.2) is 0 Å². The highest BCUT2D eigenvalue weighted by molar-refractivity contribution is 7.26. The van der Waals surface area contributed by atoms with E-state index in [1.165, 1.54) is 70.2 Å². The van der Waals surface area contributed by atoms with Crippen molar-refractivity contribution in [2.45, 2.75) is 5.41 Å². The second-order valence-corrected chi connectivity index (χ2v) is 19.4. The Balaban J connectivity index is 0.925. The molecule has 0 spiro atoms. The van der Waals surface area contributed by atoms with E-state index in [0.29, 0.717) is 0 Å². The number of furan rings is 1. The fourth-order valence-electron chi connectivity index (χ4n) is 11.5. The van der Waals surface area contributed by atoms with E-state index in [2.05, 4.69) is 260 Å². The topological polar surface area (TPSA) is 16.4 Å². The molecule has 13 aromatic rings. The van der Waals surface area contributed by atoms with Crippen LogP contribution in [0.15, 0.2) is 265 Å². The lowest BCUT2D eigenvalue weighted by atomic mass is 9.68. The first-order valence-electron chi connectivity index (χ1n) is 24.0. The molecule has 0 amide bonds. The molecular formula is C67H43NOS. The molecule has 328 valence electrons. The van der Waals surface area contributed by atoms with Crippen molar-refractivity contribution in [3.8, 4) is 44.5 Å². The van der Waals surface area contributed by atoms with Crippen LogP contribution in [-0.4, -0.2) is 0 Å². The fraction of sp³-hybridized carbons (Fsp3) is 0.0149. The van der Waals surface area contributed by atoms with Crippen molar-refractivity contribution < 1.29 is 4.42 Å². The average molecular weight is 910 g/mol. The molecule has 0 saturated carbocycles. The fourth-order valence-corrected chi connectivity index (χ4v) is 12.7. The maximum absolute atomic E-state index is 6.60. The van der Waals surface area contributed by atoms with Crippen molar-refractivity contribution in [3.05, 3.63) is 283 Å². The predicted octanol–water partition coefficient (Wildman–Crippen LogP) is 18.8. The van der Waals surface area contributed by atoms with Gasteiger partial charge in [-0.05, 0) is 116 Å². The Morgan fingerprint density at radius 2 is 0.900 bits per heavy atom. The van der Waals surface area contributed by atoms with Gasteiger partial charge in [0.1, 0.15) is 11.2 Å². The van der Waals surface area contributed by atoms with Crippen molar-refractivity contribution in [2.24, 2.45) is 0 Å². The van der Waals surface area contributed by atoms with Gasteiger partial charge in [0.05, 0.1) is 5.41 Å². The minimum Gasteiger partial charge on any atom is -0.455 e. The summed E-state index contributed by atoms with van der Waals surface area (Å²) in [6.45, 7) is 0. The maximum Gasteiger partial charge on any atom is 0.143 e. The van der Waals surface area contributed by atoms with Gasteiger partial charge in [0, 0.05) is 53.6 Å². The van der Waals surface area contributed by atoms with Gasteiger partial charge >= 0.3 is 0 Å². The van der Waals surface area contributed by atoms with Crippen molar-refractivity contribution in [2.75, 3.05) is 4.90 Å². The number of thiophene rings is 1. The van der Waals surface area contributed by atoms with Gasteiger partial charge in [0.15, 0.2) is 0 Å². The Morgan fingerprint density at radius 3 is 1.71 bits per heavy atom. The van der Waals surface area contributed by atoms with Crippen molar-refractivity contribution in [3.63, 3.8) is 0 Å². The molecule has 3 heteroatoms. The summed E-state index contributed by atoms with van der Waals surface area (Å²) in [7, 11) is 0. The van der Waals surface area contributed by atoms with E-state index in [1.807, 2.05) is 17.4 Å². The Hall–Kier alpha value is -8.76. The minimum absolute atomic E-state index is 0.484. The highest BCUT2D eigenvalue weighted by Gasteiger charge is 2.46. The molecule has 1 aliphatic carbocycles. The van der Waals surface area contributed by atoms with Crippen molar-refractivity contribution in [1.29, 1.82) is 0 Å². The van der Waals surface area contributed by atoms with Gasteiger partial charge in [0.2, 0.25) is 0 Å². The van der Waals surface area contributed by atoms with Gasteiger partial charge in [-0.1, -0.05) is 206 Å². The second-order valence-electron chi connectivity index (χ2n) is 18.3. The first kappa shape index (κ1) is 40.3. The second kappa shape index (κ2) is 16.2. The van der Waals surface area contributed by atoms with Gasteiger partial charge in [-0.15, -0.1) is 11.3 Å². The van der Waals surface area contributed by atoms with Crippen LogP contribution in [0.3, 0.4) is 0 Å². The highest BCUT2D eigenvalue weighted by atomic mass is 32.1. The summed E-state index contributed by atoms with van der Waals surface area (Å²) in [4.78, 5) is 2.42. The summed E-state index contributed by atoms with van der Waals surface area (Å²) in [5, 5.41) is 4.87. The number of benzene rings is 11. The molecule has 0 aliphatic heterocycles. The molecule has 0 saturated heterocycles. The van der Waals surface area contributed by atoms with Crippen LogP contribution < -0.4 is 4.90 Å². The third-order valence-corrected chi connectivity index (χ3v) is 15.8. The molecule has 14 rings (SSSR count). The van der Waals surface area contributed by atoms with Crippen LogP contribution >= 0.6 is 11.3 Å². The SMILES string of the molecule is c1ccc(C2(c3ccccc3)c3ccccc3-c3cc(N(c4ccc(-c5cccc(-c6cccc7c6sc6ccccc67)c5)cc4)c4cccc(-c5cccc6c5oc5ccccc56)c4)ccc32)cc1. The summed E-state index contributed by atoms with van der Waals surface area (Å²) in [6.07, 6.45) is 0. The number of nitrogens with zero attached hydrogens (tertiary/aromatic N) is 1. The lowest BCUT2D eigenvalue weighted by Gasteiger charge is -2.34. The Kier molecular flexibility index (Phi) is 9.33. The number of hydrogen-bond acceptors (Lipinski definition) is 3. The van der Waals surface area contributed by atoms with Gasteiger partial charge in [-0.2, -0.15) is 0 Å². The van der Waals surface area contributed by atoms with Crippen LogP contribution in [0.25, 0.3) is 86.6 Å². The van der Waals surface area contributed by atoms with Crippen LogP contribution in [0.4, 0.5) is 17.1 Å². The number of hydrogen-bond donors (Lipinski definition) is 0. The molecule has 2 nitrogen and oxygen atoms in total. The normalized spacial score (nSPS) is 12.7. The zero-order chi connectivity index (χ0) is 46.2. The lowest BCUT2D eigenvalue weighted by molar-refractivity contribution is 0.670. The summed E-state index contributed by atoms with van der Waals surface area (Å²) >= 11 is 1.88. The smallest absolute Gasteiger partial charge is 0.143 e. The molecule has 11 aromatic carbocycles. The van der Waals surface area contributed by atoms with Crippen molar-refractivity contribution >= 4 is 70.5 Å².